The van der Waals surface area contributed by atoms with Crippen molar-refractivity contribution in [3.8, 4) is 0 Å². The van der Waals surface area contributed by atoms with Gasteiger partial charge in [0.05, 0.1) is 27.9 Å². The molecule has 1 aromatic heterocycles. The molecule has 1 atom stereocenters. The normalized spacial score (nSPS) is 22.1. The average Bonchev–Trinajstić information content (AvgIpc) is 2.46. The van der Waals surface area contributed by atoms with Crippen molar-refractivity contribution in [3.63, 3.8) is 0 Å². The van der Waals surface area contributed by atoms with Crippen LogP contribution in [0.5, 0.6) is 0 Å². The Morgan fingerprint density at radius 1 is 1.30 bits per heavy atom. The number of hydrogen-bond donors (Lipinski definition) is 1. The van der Waals surface area contributed by atoms with Crippen LogP contribution in [0.4, 0.5) is 0 Å². The summed E-state index contributed by atoms with van der Waals surface area (Å²) in [5.74, 6) is 0. The third kappa shape index (κ3) is 3.01. The second kappa shape index (κ2) is 5.30. The number of pyridine rings is 1. The highest BCUT2D eigenvalue weighted by Gasteiger charge is 2.52. The van der Waals surface area contributed by atoms with Gasteiger partial charge in [-0.1, -0.05) is 11.6 Å². The third-order valence-corrected chi connectivity index (χ3v) is 4.17. The van der Waals surface area contributed by atoms with E-state index in [2.05, 4.69) is 4.98 Å². The summed E-state index contributed by atoms with van der Waals surface area (Å²) >= 11 is 5.99. The highest BCUT2D eigenvalue weighted by Crippen LogP contribution is 2.36. The topological polar surface area (TPSA) is 51.6 Å². The molecule has 2 rings (SSSR count). The van der Waals surface area contributed by atoms with E-state index >= 15 is 0 Å². The molecule has 0 saturated carbocycles. The Morgan fingerprint density at radius 3 is 2.35 bits per heavy atom. The lowest BCUT2D eigenvalue weighted by Gasteiger charge is -2.32. The van der Waals surface area contributed by atoms with Crippen molar-refractivity contribution < 1.29 is 14.4 Å². The minimum absolute atomic E-state index is 0.416. The number of nitrogens with zero attached hydrogens (tertiary/aromatic N) is 1. The van der Waals surface area contributed by atoms with Crippen LogP contribution in [-0.2, 0) is 15.7 Å². The van der Waals surface area contributed by atoms with Gasteiger partial charge in [-0.25, -0.2) is 0 Å². The lowest BCUT2D eigenvalue weighted by molar-refractivity contribution is 0.00578. The van der Waals surface area contributed by atoms with Crippen LogP contribution in [0, 0.1) is 0 Å². The monoisotopic (exact) mass is 297 g/mol. The van der Waals surface area contributed by atoms with Crippen molar-refractivity contribution >= 4 is 24.3 Å². The number of aliphatic hydroxyl groups excluding tert-OH is 1. The first-order valence-electron chi connectivity index (χ1n) is 6.80. The van der Waals surface area contributed by atoms with Crippen molar-refractivity contribution in [2.75, 3.05) is 0 Å². The fourth-order valence-corrected chi connectivity index (χ4v) is 2.32. The molecule has 0 radical (unpaired) electrons. The zero-order chi connectivity index (χ0) is 15.1. The maximum absolute atomic E-state index is 9.62. The van der Waals surface area contributed by atoms with Gasteiger partial charge in [-0.15, -0.1) is 0 Å². The number of aromatic nitrogens is 1. The van der Waals surface area contributed by atoms with Gasteiger partial charge in [0.2, 0.25) is 0 Å². The van der Waals surface area contributed by atoms with Crippen LogP contribution in [-0.4, -0.2) is 34.5 Å². The first-order chi connectivity index (χ1) is 9.12. The van der Waals surface area contributed by atoms with Crippen molar-refractivity contribution in [3.05, 3.63) is 22.8 Å². The van der Waals surface area contributed by atoms with Crippen molar-refractivity contribution in [1.82, 2.24) is 4.98 Å². The van der Waals surface area contributed by atoms with Gasteiger partial charge >= 0.3 is 7.12 Å². The van der Waals surface area contributed by atoms with Crippen molar-refractivity contribution in [2.45, 2.75) is 58.3 Å². The van der Waals surface area contributed by atoms with Gasteiger partial charge in [0.15, 0.2) is 0 Å². The Morgan fingerprint density at radius 2 is 1.85 bits per heavy atom. The summed E-state index contributed by atoms with van der Waals surface area (Å²) in [5, 5.41) is 10.2. The standard InChI is InChI=1S/C14H21BClNO3/c1-9(18)6-10-7-11(16)8-17-12(10)15-19-13(2,3)14(4,5)20-15/h7-9,18H,6H2,1-5H3. The number of aliphatic hydroxyl groups is 1. The Kier molecular flexibility index (Phi) is 4.18. The molecule has 1 unspecified atom stereocenters. The fourth-order valence-electron chi connectivity index (χ4n) is 2.14. The molecule has 0 aliphatic carbocycles. The SMILES string of the molecule is CC(O)Cc1cc(Cl)cnc1B1OC(C)(C)C(C)(C)O1. The molecule has 0 aromatic carbocycles. The molecular formula is C14H21BClNO3. The molecule has 1 aliphatic rings. The van der Waals surface area contributed by atoms with Gasteiger partial charge in [0, 0.05) is 6.20 Å². The maximum Gasteiger partial charge on any atom is 0.514 e. The van der Waals surface area contributed by atoms with Gasteiger partial charge in [-0.05, 0) is 52.7 Å². The molecule has 1 aromatic rings. The van der Waals surface area contributed by atoms with Gasteiger partial charge in [0.1, 0.15) is 0 Å². The molecule has 2 heterocycles. The van der Waals surface area contributed by atoms with E-state index < -0.39 is 24.4 Å². The molecular weight excluding hydrogens is 276 g/mol. The average molecular weight is 298 g/mol. The van der Waals surface area contributed by atoms with Crippen LogP contribution in [0.1, 0.15) is 40.2 Å². The van der Waals surface area contributed by atoms with Crippen LogP contribution in [0.15, 0.2) is 12.3 Å². The van der Waals surface area contributed by atoms with E-state index in [-0.39, 0.29) is 0 Å². The van der Waals surface area contributed by atoms with E-state index in [1.165, 1.54) is 0 Å². The van der Waals surface area contributed by atoms with E-state index in [0.717, 1.165) is 5.56 Å². The quantitative estimate of drug-likeness (QED) is 0.867. The molecule has 0 amide bonds. The summed E-state index contributed by atoms with van der Waals surface area (Å²) in [5.41, 5.74) is 0.710. The fraction of sp³-hybridized carbons (Fsp3) is 0.643. The molecule has 20 heavy (non-hydrogen) atoms. The smallest absolute Gasteiger partial charge is 0.398 e. The molecule has 1 fully saturated rings. The van der Waals surface area contributed by atoms with Crippen molar-refractivity contribution in [1.29, 1.82) is 0 Å². The molecule has 0 spiro atoms. The van der Waals surface area contributed by atoms with Crippen LogP contribution < -0.4 is 5.59 Å². The van der Waals surface area contributed by atoms with E-state index in [0.29, 0.717) is 17.0 Å². The highest BCUT2D eigenvalue weighted by molar-refractivity contribution is 6.61. The van der Waals surface area contributed by atoms with Gasteiger partial charge in [-0.2, -0.15) is 0 Å². The van der Waals surface area contributed by atoms with E-state index in [1.54, 1.807) is 13.1 Å². The Bertz CT molecular complexity index is 489. The van der Waals surface area contributed by atoms with Crippen LogP contribution in [0.25, 0.3) is 0 Å². The Labute approximate surface area is 125 Å². The molecule has 4 nitrogen and oxygen atoms in total. The molecule has 1 saturated heterocycles. The predicted molar refractivity (Wildman–Crippen MR) is 80.3 cm³/mol. The summed E-state index contributed by atoms with van der Waals surface area (Å²) in [6.45, 7) is 9.72. The third-order valence-electron chi connectivity index (χ3n) is 3.96. The minimum Gasteiger partial charge on any atom is -0.398 e. The highest BCUT2D eigenvalue weighted by atomic mass is 35.5. The lowest BCUT2D eigenvalue weighted by atomic mass is 9.79. The maximum atomic E-state index is 9.62. The lowest BCUT2D eigenvalue weighted by Crippen LogP contribution is -2.41. The number of halogens is 1. The predicted octanol–water partition coefficient (Wildman–Crippen LogP) is 1.96. The van der Waals surface area contributed by atoms with E-state index in [1.807, 2.05) is 33.8 Å². The van der Waals surface area contributed by atoms with Gasteiger partial charge < -0.3 is 14.4 Å². The van der Waals surface area contributed by atoms with Crippen LogP contribution in [0.2, 0.25) is 5.02 Å². The minimum atomic E-state index is -0.536. The summed E-state index contributed by atoms with van der Waals surface area (Å²) in [4.78, 5) is 4.35. The van der Waals surface area contributed by atoms with E-state index in [4.69, 9.17) is 20.9 Å². The second-order valence-electron chi connectivity index (χ2n) is 6.34. The van der Waals surface area contributed by atoms with E-state index in [9.17, 15) is 5.11 Å². The molecule has 0 bridgehead atoms. The summed E-state index contributed by atoms with van der Waals surface area (Å²) in [7, 11) is -0.536. The summed E-state index contributed by atoms with van der Waals surface area (Å²) < 4.78 is 12.0. The zero-order valence-electron chi connectivity index (χ0n) is 12.6. The first-order valence-corrected chi connectivity index (χ1v) is 7.18. The molecule has 1 aliphatic heterocycles. The van der Waals surface area contributed by atoms with Gasteiger partial charge in [0.25, 0.3) is 0 Å². The molecule has 1 N–H and O–H groups in total. The zero-order valence-corrected chi connectivity index (χ0v) is 13.4. The van der Waals surface area contributed by atoms with Crippen LogP contribution >= 0.6 is 11.6 Å². The first kappa shape index (κ1) is 15.8. The second-order valence-corrected chi connectivity index (χ2v) is 6.78. The van der Waals surface area contributed by atoms with Crippen LogP contribution in [0.3, 0.4) is 0 Å². The largest absolute Gasteiger partial charge is 0.514 e. The van der Waals surface area contributed by atoms with Gasteiger partial charge in [-0.3, -0.25) is 4.98 Å². The molecule has 110 valence electrons. The van der Waals surface area contributed by atoms with Crippen molar-refractivity contribution in [2.24, 2.45) is 0 Å². The Hall–Kier alpha value is -0.615. The molecule has 6 heteroatoms. The number of rotatable bonds is 3. The number of hydrogen-bond acceptors (Lipinski definition) is 4. The Balaban J connectivity index is 2.34. The summed E-state index contributed by atoms with van der Waals surface area (Å²) in [6.07, 6.45) is 1.57. The summed E-state index contributed by atoms with van der Waals surface area (Å²) in [6, 6.07) is 1.81.